The van der Waals surface area contributed by atoms with Gasteiger partial charge in [-0.3, -0.25) is 9.69 Å². The number of nitrogens with zero attached hydrogens (tertiary/aromatic N) is 6. The van der Waals surface area contributed by atoms with Gasteiger partial charge in [-0.25, -0.2) is 9.97 Å². The van der Waals surface area contributed by atoms with Crippen LogP contribution in [-0.2, 0) is 16.0 Å². The number of hydrogen-bond donors (Lipinski definition) is 2. The van der Waals surface area contributed by atoms with Gasteiger partial charge < -0.3 is 24.7 Å². The maximum absolute atomic E-state index is 13.2. The van der Waals surface area contributed by atoms with Crippen molar-refractivity contribution in [2.24, 2.45) is 0 Å². The predicted molar refractivity (Wildman–Crippen MR) is 140 cm³/mol. The molecule has 4 aromatic rings. The zero-order valence-corrected chi connectivity index (χ0v) is 21.2. The summed E-state index contributed by atoms with van der Waals surface area (Å²) in [5, 5.41) is 11.8. The summed E-state index contributed by atoms with van der Waals surface area (Å²) in [6.45, 7) is 5.19. The van der Waals surface area contributed by atoms with Crippen molar-refractivity contribution in [2.45, 2.75) is 31.5 Å². The summed E-state index contributed by atoms with van der Waals surface area (Å²) < 4.78 is 14.8. The lowest BCUT2D eigenvalue weighted by atomic mass is 9.89. The molecule has 1 saturated heterocycles. The van der Waals surface area contributed by atoms with E-state index in [1.807, 2.05) is 25.4 Å². The minimum Gasteiger partial charge on any atom is -0.379 e. The highest BCUT2D eigenvalue weighted by Crippen LogP contribution is 2.31. The highest BCUT2D eigenvalue weighted by Gasteiger charge is 2.33. The number of ether oxygens (including phenoxy) is 2. The van der Waals surface area contributed by atoms with Gasteiger partial charge in [0.15, 0.2) is 5.65 Å². The normalized spacial score (nSPS) is 20.3. The predicted octanol–water partition coefficient (Wildman–Crippen LogP) is 2.03. The van der Waals surface area contributed by atoms with Gasteiger partial charge in [0.1, 0.15) is 17.0 Å². The number of carbonyl (C=O) groups excluding carboxylic acids is 1. The molecule has 4 aromatic heterocycles. The summed E-state index contributed by atoms with van der Waals surface area (Å²) >= 11 is 0. The molecule has 6 rings (SSSR count). The molecule has 194 valence electrons. The fourth-order valence-electron chi connectivity index (χ4n) is 5.17. The van der Waals surface area contributed by atoms with Crippen LogP contribution in [0.15, 0.2) is 36.8 Å². The molecule has 2 fully saturated rings. The Morgan fingerprint density at radius 3 is 2.84 bits per heavy atom. The lowest BCUT2D eigenvalue weighted by Gasteiger charge is -2.35. The number of nitrogens with one attached hydrogen (secondary N) is 2. The number of pyridine rings is 1. The molecule has 1 amide bonds. The number of morpholine rings is 1. The highest BCUT2D eigenvalue weighted by atomic mass is 16.5. The Kier molecular flexibility index (Phi) is 6.49. The lowest BCUT2D eigenvalue weighted by Crippen LogP contribution is -2.51. The van der Waals surface area contributed by atoms with Crippen LogP contribution in [0.2, 0.25) is 0 Å². The maximum atomic E-state index is 13.2. The lowest BCUT2D eigenvalue weighted by molar-refractivity contribution is 0.00732. The van der Waals surface area contributed by atoms with Gasteiger partial charge in [-0.1, -0.05) is 0 Å². The monoisotopic (exact) mass is 504 g/mol. The molecule has 11 heteroatoms. The van der Waals surface area contributed by atoms with Gasteiger partial charge in [0.05, 0.1) is 37.3 Å². The minimum absolute atomic E-state index is 0.00918. The number of aromatic nitrogens is 5. The van der Waals surface area contributed by atoms with Crippen LogP contribution in [0.25, 0.3) is 27.9 Å². The van der Waals surface area contributed by atoms with E-state index in [9.17, 15) is 4.79 Å². The van der Waals surface area contributed by atoms with Crippen molar-refractivity contribution < 1.29 is 14.3 Å². The van der Waals surface area contributed by atoms with Crippen LogP contribution in [0, 0.1) is 0 Å². The number of anilines is 1. The van der Waals surface area contributed by atoms with E-state index in [1.54, 1.807) is 17.8 Å². The molecule has 0 unspecified atom stereocenters. The second kappa shape index (κ2) is 10.1. The summed E-state index contributed by atoms with van der Waals surface area (Å²) in [4.78, 5) is 25.2. The Morgan fingerprint density at radius 1 is 1.22 bits per heavy atom. The molecule has 5 heterocycles. The molecule has 1 aliphatic carbocycles. The SMILES string of the molecule is CNc1cc(-c2cn(CCN3CCOCC3)c3ncccc23)nc2c(C(=O)N[C@H]3CC[C@@H]3OC)cnn12. The fraction of sp³-hybridized carbons (Fsp3) is 0.462. The van der Waals surface area contributed by atoms with Gasteiger partial charge in [-0.15, -0.1) is 0 Å². The second-order valence-electron chi connectivity index (χ2n) is 9.57. The third-order valence-corrected chi connectivity index (χ3v) is 7.47. The topological polar surface area (TPSA) is 111 Å². The zero-order chi connectivity index (χ0) is 25.4. The molecule has 1 aliphatic heterocycles. The van der Waals surface area contributed by atoms with E-state index in [0.717, 1.165) is 80.3 Å². The average Bonchev–Trinajstić information content (AvgIpc) is 3.52. The Bertz CT molecular complexity index is 1420. The smallest absolute Gasteiger partial charge is 0.257 e. The molecule has 2 N–H and O–H groups in total. The van der Waals surface area contributed by atoms with Gasteiger partial charge in [-0.05, 0) is 25.0 Å². The van der Waals surface area contributed by atoms with E-state index in [1.165, 1.54) is 0 Å². The van der Waals surface area contributed by atoms with E-state index in [-0.39, 0.29) is 18.1 Å². The van der Waals surface area contributed by atoms with E-state index in [0.29, 0.717) is 11.2 Å². The first-order valence-corrected chi connectivity index (χ1v) is 12.8. The molecule has 0 spiro atoms. The molecule has 2 aliphatic rings. The largest absolute Gasteiger partial charge is 0.379 e. The summed E-state index contributed by atoms with van der Waals surface area (Å²) in [6, 6.07) is 5.98. The van der Waals surface area contributed by atoms with Crippen molar-refractivity contribution in [3.05, 3.63) is 42.4 Å². The first-order valence-electron chi connectivity index (χ1n) is 12.8. The van der Waals surface area contributed by atoms with Gasteiger partial charge in [0.2, 0.25) is 0 Å². The molecule has 11 nitrogen and oxygen atoms in total. The summed E-state index contributed by atoms with van der Waals surface area (Å²) in [5.41, 5.74) is 3.59. The third kappa shape index (κ3) is 4.43. The molecule has 1 saturated carbocycles. The Labute approximate surface area is 214 Å². The van der Waals surface area contributed by atoms with E-state index in [2.05, 4.69) is 42.4 Å². The van der Waals surface area contributed by atoms with Gasteiger partial charge in [0.25, 0.3) is 5.91 Å². The van der Waals surface area contributed by atoms with E-state index >= 15 is 0 Å². The first kappa shape index (κ1) is 23.8. The van der Waals surface area contributed by atoms with Gasteiger partial charge >= 0.3 is 0 Å². The van der Waals surface area contributed by atoms with Gasteiger partial charge in [-0.2, -0.15) is 9.61 Å². The number of methoxy groups -OCH3 is 1. The first-order chi connectivity index (χ1) is 18.2. The minimum atomic E-state index is -0.192. The van der Waals surface area contributed by atoms with E-state index < -0.39 is 0 Å². The average molecular weight is 505 g/mol. The van der Waals surface area contributed by atoms with Crippen molar-refractivity contribution in [3.8, 4) is 11.3 Å². The van der Waals surface area contributed by atoms with Crippen LogP contribution in [0.3, 0.4) is 0 Å². The third-order valence-electron chi connectivity index (χ3n) is 7.47. The number of fused-ring (bicyclic) bond motifs is 2. The van der Waals surface area contributed by atoms with Crippen molar-refractivity contribution in [1.29, 1.82) is 0 Å². The van der Waals surface area contributed by atoms with Gasteiger partial charge in [0, 0.05) is 69.7 Å². The number of carbonyl (C=O) groups is 1. The number of hydrogen-bond acceptors (Lipinski definition) is 8. The Balaban J connectivity index is 1.36. The van der Waals surface area contributed by atoms with Crippen molar-refractivity contribution in [1.82, 2.24) is 34.4 Å². The number of rotatable bonds is 8. The summed E-state index contributed by atoms with van der Waals surface area (Å²) in [5.74, 6) is 0.554. The molecule has 0 aromatic carbocycles. The van der Waals surface area contributed by atoms with Crippen molar-refractivity contribution >= 4 is 28.4 Å². The van der Waals surface area contributed by atoms with Crippen LogP contribution >= 0.6 is 0 Å². The Morgan fingerprint density at radius 2 is 2.08 bits per heavy atom. The molecule has 2 atom stereocenters. The maximum Gasteiger partial charge on any atom is 0.257 e. The van der Waals surface area contributed by atoms with E-state index in [4.69, 9.17) is 14.5 Å². The fourth-order valence-corrected chi connectivity index (χ4v) is 5.17. The molecule has 0 bridgehead atoms. The standard InChI is InChI=1S/C26H32N8O3/c1-27-23-14-21(30-25-18(15-29-34(23)25)26(35)31-20-5-6-22(20)36-2)19-16-33(24-17(19)4-3-7-28-24)9-8-32-10-12-37-13-11-32/h3-4,7,14-16,20,22,27H,5-6,8-13H2,1-2H3,(H,31,35)/t20-,22-/m0/s1. The van der Waals surface area contributed by atoms with Crippen LogP contribution in [-0.4, -0.2) is 94.1 Å². The molecule has 37 heavy (non-hydrogen) atoms. The van der Waals surface area contributed by atoms with Crippen molar-refractivity contribution in [3.63, 3.8) is 0 Å². The van der Waals surface area contributed by atoms with Crippen molar-refractivity contribution in [2.75, 3.05) is 52.3 Å². The summed E-state index contributed by atoms with van der Waals surface area (Å²) in [6.07, 6.45) is 7.42. The molecule has 0 radical (unpaired) electrons. The van der Waals surface area contributed by atoms with Crippen LogP contribution in [0.5, 0.6) is 0 Å². The van der Waals surface area contributed by atoms with Crippen LogP contribution < -0.4 is 10.6 Å². The Hall–Kier alpha value is -3.54. The number of amides is 1. The quantitative estimate of drug-likeness (QED) is 0.375. The zero-order valence-electron chi connectivity index (χ0n) is 21.2. The summed E-state index contributed by atoms with van der Waals surface area (Å²) in [7, 11) is 3.52. The van der Waals surface area contributed by atoms with Crippen LogP contribution in [0.4, 0.5) is 5.82 Å². The highest BCUT2D eigenvalue weighted by molar-refractivity contribution is 6.01. The molecular weight excluding hydrogens is 472 g/mol. The van der Waals surface area contributed by atoms with Crippen LogP contribution in [0.1, 0.15) is 23.2 Å². The molecular formula is C26H32N8O3. The second-order valence-corrected chi connectivity index (χ2v) is 9.57.